The van der Waals surface area contributed by atoms with Gasteiger partial charge in [-0.3, -0.25) is 9.69 Å². The zero-order chi connectivity index (χ0) is 12.1. The van der Waals surface area contributed by atoms with Crippen LogP contribution in [0.2, 0.25) is 0 Å². The smallest absolute Gasteiger partial charge is 0.236 e. The normalized spacial score (nSPS) is 28.2. The fourth-order valence-electron chi connectivity index (χ4n) is 2.44. The van der Waals surface area contributed by atoms with Gasteiger partial charge in [0.15, 0.2) is 0 Å². The van der Waals surface area contributed by atoms with Crippen LogP contribution in [0, 0.1) is 0 Å². The van der Waals surface area contributed by atoms with Crippen LogP contribution in [0.15, 0.2) is 0 Å². The van der Waals surface area contributed by atoms with E-state index in [1.165, 1.54) is 0 Å². The maximum atomic E-state index is 11.8. The van der Waals surface area contributed by atoms with E-state index in [0.717, 1.165) is 52.3 Å². The lowest BCUT2D eigenvalue weighted by atomic mass is 10.2. The highest BCUT2D eigenvalue weighted by atomic mass is 16.5. The van der Waals surface area contributed by atoms with E-state index in [9.17, 15) is 4.79 Å². The molecule has 0 aromatic heterocycles. The highest BCUT2D eigenvalue weighted by molar-refractivity contribution is 5.78. The van der Waals surface area contributed by atoms with Gasteiger partial charge in [-0.15, -0.1) is 0 Å². The van der Waals surface area contributed by atoms with Crippen LogP contribution in [0.5, 0.6) is 0 Å². The van der Waals surface area contributed by atoms with Gasteiger partial charge in [-0.05, 0) is 19.5 Å². The van der Waals surface area contributed by atoms with Gasteiger partial charge in [0.2, 0.25) is 5.91 Å². The van der Waals surface area contributed by atoms with E-state index in [2.05, 4.69) is 17.1 Å². The number of likely N-dealkylation sites (N-methyl/N-ethyl adjacent to an activating group) is 1. The predicted octanol–water partition coefficient (Wildman–Crippen LogP) is -0.471. The Morgan fingerprint density at radius 1 is 1.47 bits per heavy atom. The van der Waals surface area contributed by atoms with Crippen molar-refractivity contribution in [3.63, 3.8) is 0 Å². The Morgan fingerprint density at radius 3 is 3.18 bits per heavy atom. The van der Waals surface area contributed by atoms with Crippen LogP contribution in [-0.4, -0.2) is 74.2 Å². The summed E-state index contributed by atoms with van der Waals surface area (Å²) in [6, 6.07) is 0. The van der Waals surface area contributed by atoms with Gasteiger partial charge < -0.3 is 15.0 Å². The van der Waals surface area contributed by atoms with Gasteiger partial charge in [-0.1, -0.05) is 6.92 Å². The quantitative estimate of drug-likeness (QED) is 0.725. The van der Waals surface area contributed by atoms with Crippen LogP contribution in [0.1, 0.15) is 13.3 Å². The number of nitrogens with zero attached hydrogens (tertiary/aromatic N) is 2. The van der Waals surface area contributed by atoms with Gasteiger partial charge in [0.05, 0.1) is 19.3 Å². The Hall–Kier alpha value is -0.650. The maximum Gasteiger partial charge on any atom is 0.236 e. The van der Waals surface area contributed by atoms with E-state index in [-0.39, 0.29) is 12.0 Å². The van der Waals surface area contributed by atoms with Crippen molar-refractivity contribution in [2.45, 2.75) is 19.4 Å². The zero-order valence-corrected chi connectivity index (χ0v) is 10.7. The van der Waals surface area contributed by atoms with Gasteiger partial charge in [0.25, 0.3) is 0 Å². The Morgan fingerprint density at radius 2 is 2.35 bits per heavy atom. The van der Waals surface area contributed by atoms with E-state index >= 15 is 0 Å². The van der Waals surface area contributed by atoms with Gasteiger partial charge in [-0.25, -0.2) is 0 Å². The summed E-state index contributed by atoms with van der Waals surface area (Å²) in [6.45, 7) is 9.02. The SMILES string of the molecule is CCN1CCOC(CN2CCCNCC2=O)C1. The van der Waals surface area contributed by atoms with Crippen molar-refractivity contribution in [1.82, 2.24) is 15.1 Å². The number of hydrogen-bond acceptors (Lipinski definition) is 4. The lowest BCUT2D eigenvalue weighted by Crippen LogP contribution is -2.49. The molecule has 2 fully saturated rings. The average Bonchev–Trinajstić information content (AvgIpc) is 2.55. The first-order valence-corrected chi connectivity index (χ1v) is 6.62. The Bertz CT molecular complexity index is 260. The third-order valence-corrected chi connectivity index (χ3v) is 3.50. The Labute approximate surface area is 103 Å². The Kier molecular flexibility index (Phi) is 4.76. The molecule has 0 aromatic rings. The van der Waals surface area contributed by atoms with Crippen molar-refractivity contribution in [2.24, 2.45) is 0 Å². The van der Waals surface area contributed by atoms with Crippen LogP contribution in [0.4, 0.5) is 0 Å². The van der Waals surface area contributed by atoms with E-state index in [1.807, 2.05) is 4.90 Å². The van der Waals surface area contributed by atoms with Gasteiger partial charge in [0.1, 0.15) is 0 Å². The van der Waals surface area contributed by atoms with Crippen molar-refractivity contribution >= 4 is 5.91 Å². The molecule has 1 amide bonds. The molecular weight excluding hydrogens is 218 g/mol. The first kappa shape index (κ1) is 12.8. The molecule has 5 nitrogen and oxygen atoms in total. The van der Waals surface area contributed by atoms with Crippen molar-refractivity contribution in [2.75, 3.05) is 52.4 Å². The molecule has 17 heavy (non-hydrogen) atoms. The Balaban J connectivity index is 1.83. The second-order valence-corrected chi connectivity index (χ2v) is 4.76. The predicted molar refractivity (Wildman–Crippen MR) is 65.9 cm³/mol. The number of carbonyl (C=O) groups excluding carboxylic acids is 1. The van der Waals surface area contributed by atoms with Crippen molar-refractivity contribution in [3.05, 3.63) is 0 Å². The molecule has 0 spiro atoms. The molecule has 1 N–H and O–H groups in total. The molecular formula is C12H23N3O2. The number of nitrogens with one attached hydrogen (secondary N) is 1. The highest BCUT2D eigenvalue weighted by Crippen LogP contribution is 2.08. The van der Waals surface area contributed by atoms with Crippen molar-refractivity contribution in [1.29, 1.82) is 0 Å². The van der Waals surface area contributed by atoms with Crippen LogP contribution in [0.25, 0.3) is 0 Å². The molecule has 1 atom stereocenters. The fraction of sp³-hybridized carbons (Fsp3) is 0.917. The highest BCUT2D eigenvalue weighted by Gasteiger charge is 2.24. The first-order valence-electron chi connectivity index (χ1n) is 6.62. The third-order valence-electron chi connectivity index (χ3n) is 3.50. The number of carbonyl (C=O) groups is 1. The van der Waals surface area contributed by atoms with Gasteiger partial charge in [0, 0.05) is 26.2 Å². The molecule has 2 aliphatic rings. The summed E-state index contributed by atoms with van der Waals surface area (Å²) in [4.78, 5) is 16.2. The van der Waals surface area contributed by atoms with Crippen LogP contribution >= 0.6 is 0 Å². The number of rotatable bonds is 3. The van der Waals surface area contributed by atoms with Crippen LogP contribution < -0.4 is 5.32 Å². The minimum Gasteiger partial charge on any atom is -0.374 e. The molecule has 0 bridgehead atoms. The molecule has 2 rings (SSSR count). The fourth-order valence-corrected chi connectivity index (χ4v) is 2.44. The van der Waals surface area contributed by atoms with E-state index in [1.54, 1.807) is 0 Å². The molecule has 0 aliphatic carbocycles. The maximum absolute atomic E-state index is 11.8. The summed E-state index contributed by atoms with van der Waals surface area (Å²) in [5, 5.41) is 3.14. The first-order chi connectivity index (χ1) is 8.29. The van der Waals surface area contributed by atoms with E-state index in [4.69, 9.17) is 4.74 Å². The van der Waals surface area contributed by atoms with Crippen molar-refractivity contribution < 1.29 is 9.53 Å². The molecule has 2 heterocycles. The molecule has 0 aromatic carbocycles. The molecule has 0 radical (unpaired) electrons. The summed E-state index contributed by atoms with van der Waals surface area (Å²) in [7, 11) is 0. The number of amides is 1. The van der Waals surface area contributed by atoms with Gasteiger partial charge >= 0.3 is 0 Å². The number of hydrogen-bond donors (Lipinski definition) is 1. The molecule has 2 aliphatic heterocycles. The lowest BCUT2D eigenvalue weighted by molar-refractivity contribution is -0.133. The minimum atomic E-state index is 0.186. The molecule has 2 saturated heterocycles. The van der Waals surface area contributed by atoms with Crippen LogP contribution in [0.3, 0.4) is 0 Å². The average molecular weight is 241 g/mol. The van der Waals surface area contributed by atoms with E-state index in [0.29, 0.717) is 6.54 Å². The topological polar surface area (TPSA) is 44.8 Å². The van der Waals surface area contributed by atoms with Crippen molar-refractivity contribution in [3.8, 4) is 0 Å². The number of morpholine rings is 1. The minimum absolute atomic E-state index is 0.186. The summed E-state index contributed by atoms with van der Waals surface area (Å²) in [5.74, 6) is 0.208. The largest absolute Gasteiger partial charge is 0.374 e. The standard InChI is InChI=1S/C12H23N3O2/c1-2-14-6-7-17-11(9-14)10-15-5-3-4-13-8-12(15)16/h11,13H,2-10H2,1H3. The van der Waals surface area contributed by atoms with E-state index < -0.39 is 0 Å². The van der Waals surface area contributed by atoms with Gasteiger partial charge in [-0.2, -0.15) is 0 Å². The second-order valence-electron chi connectivity index (χ2n) is 4.76. The molecule has 98 valence electrons. The summed E-state index contributed by atoms with van der Waals surface area (Å²) in [6.07, 6.45) is 1.22. The zero-order valence-electron chi connectivity index (χ0n) is 10.7. The van der Waals surface area contributed by atoms with Crippen LogP contribution in [-0.2, 0) is 9.53 Å². The third kappa shape index (κ3) is 3.66. The molecule has 0 saturated carbocycles. The molecule has 5 heteroatoms. The lowest BCUT2D eigenvalue weighted by Gasteiger charge is -2.34. The monoisotopic (exact) mass is 241 g/mol. The summed E-state index contributed by atoms with van der Waals surface area (Å²) >= 11 is 0. The molecule has 1 unspecified atom stereocenters. The summed E-state index contributed by atoms with van der Waals surface area (Å²) in [5.41, 5.74) is 0. The number of ether oxygens (including phenoxy) is 1. The summed E-state index contributed by atoms with van der Waals surface area (Å²) < 4.78 is 5.75. The second kappa shape index (κ2) is 6.33.